The smallest absolute Gasteiger partial charge is 0.338 e. The molecule has 1 saturated heterocycles. The molecule has 0 saturated carbocycles. The number of nitrogens with one attached hydrogen (secondary N) is 1. The monoisotopic (exact) mass is 345 g/mol. The van der Waals surface area contributed by atoms with Gasteiger partial charge in [0.2, 0.25) is 0 Å². The maximum atomic E-state index is 12.2. The molecule has 3 N–H and O–H groups in total. The van der Waals surface area contributed by atoms with Crippen molar-refractivity contribution < 1.29 is 14.3 Å². The molecule has 1 fully saturated rings. The van der Waals surface area contributed by atoms with Crippen LogP contribution in [0.3, 0.4) is 0 Å². The van der Waals surface area contributed by atoms with Gasteiger partial charge in [-0.05, 0) is 19.1 Å². The highest BCUT2D eigenvalue weighted by atomic mass is 16.6. The molecule has 2 aromatic rings. The largest absolute Gasteiger partial charge is 0.456 e. The van der Waals surface area contributed by atoms with Crippen molar-refractivity contribution in [2.24, 2.45) is 5.73 Å². The minimum atomic E-state index is -0.662. The van der Waals surface area contributed by atoms with Crippen molar-refractivity contribution in [1.29, 1.82) is 0 Å². The molecule has 8 heteroatoms. The minimum Gasteiger partial charge on any atom is -0.456 e. The zero-order valence-corrected chi connectivity index (χ0v) is 13.7. The van der Waals surface area contributed by atoms with Crippen LogP contribution >= 0.6 is 0 Å². The first-order chi connectivity index (χ1) is 12.0. The van der Waals surface area contributed by atoms with E-state index in [4.69, 9.17) is 15.2 Å². The SMILES string of the molecule is Cc1cn(C2CC(OC(=O)c3ccccc3)C(CN)O2)c(=O)[nH]c1=O. The first-order valence-corrected chi connectivity index (χ1v) is 7.93. The summed E-state index contributed by atoms with van der Waals surface area (Å²) in [4.78, 5) is 38.0. The fraction of sp³-hybridized carbons (Fsp3) is 0.353. The fourth-order valence-corrected chi connectivity index (χ4v) is 2.79. The zero-order valence-electron chi connectivity index (χ0n) is 13.7. The highest BCUT2D eigenvalue weighted by Gasteiger charge is 2.38. The molecule has 0 bridgehead atoms. The van der Waals surface area contributed by atoms with Gasteiger partial charge in [0.05, 0.1) is 5.56 Å². The number of aromatic amines is 1. The second-order valence-electron chi connectivity index (χ2n) is 5.89. The Morgan fingerprint density at radius 3 is 2.76 bits per heavy atom. The summed E-state index contributed by atoms with van der Waals surface area (Å²) in [7, 11) is 0. The van der Waals surface area contributed by atoms with E-state index in [1.807, 2.05) is 0 Å². The van der Waals surface area contributed by atoms with Crippen LogP contribution in [0.1, 0.15) is 28.6 Å². The quantitative estimate of drug-likeness (QED) is 0.771. The molecule has 0 radical (unpaired) electrons. The zero-order chi connectivity index (χ0) is 18.0. The third-order valence-corrected chi connectivity index (χ3v) is 4.14. The van der Waals surface area contributed by atoms with Crippen molar-refractivity contribution in [1.82, 2.24) is 9.55 Å². The third kappa shape index (κ3) is 3.54. The molecule has 1 aromatic heterocycles. The Morgan fingerprint density at radius 2 is 2.08 bits per heavy atom. The molecule has 1 aliphatic rings. The van der Waals surface area contributed by atoms with Gasteiger partial charge in [0.25, 0.3) is 5.56 Å². The van der Waals surface area contributed by atoms with Crippen LogP contribution in [-0.4, -0.2) is 34.3 Å². The predicted molar refractivity (Wildman–Crippen MR) is 89.3 cm³/mol. The van der Waals surface area contributed by atoms with Gasteiger partial charge in [-0.2, -0.15) is 0 Å². The number of aromatic nitrogens is 2. The number of nitrogens with two attached hydrogens (primary N) is 1. The summed E-state index contributed by atoms with van der Waals surface area (Å²) in [6.45, 7) is 1.73. The molecule has 3 unspecified atom stereocenters. The normalized spacial score (nSPS) is 22.7. The lowest BCUT2D eigenvalue weighted by Crippen LogP contribution is -2.34. The standard InChI is InChI=1S/C17H19N3O5/c1-10-9-20(17(23)19-15(10)21)14-7-12(13(8-18)24-14)25-16(22)11-5-3-2-4-6-11/h2-6,9,12-14H,7-8,18H2,1H3,(H,19,21,23). The third-order valence-electron chi connectivity index (χ3n) is 4.14. The summed E-state index contributed by atoms with van der Waals surface area (Å²) in [5, 5.41) is 0. The van der Waals surface area contributed by atoms with Crippen molar-refractivity contribution in [3.05, 3.63) is 68.5 Å². The van der Waals surface area contributed by atoms with Gasteiger partial charge >= 0.3 is 11.7 Å². The highest BCUT2D eigenvalue weighted by molar-refractivity contribution is 5.89. The Labute approximate surface area is 143 Å². The lowest BCUT2D eigenvalue weighted by Gasteiger charge is -2.17. The van der Waals surface area contributed by atoms with Crippen LogP contribution in [0.5, 0.6) is 0 Å². The molecule has 25 heavy (non-hydrogen) atoms. The van der Waals surface area contributed by atoms with Gasteiger partial charge in [0.15, 0.2) is 0 Å². The van der Waals surface area contributed by atoms with Crippen molar-refractivity contribution >= 4 is 5.97 Å². The number of nitrogens with zero attached hydrogens (tertiary/aromatic N) is 1. The van der Waals surface area contributed by atoms with E-state index in [1.165, 1.54) is 10.8 Å². The van der Waals surface area contributed by atoms with Gasteiger partial charge < -0.3 is 15.2 Å². The van der Waals surface area contributed by atoms with Crippen molar-refractivity contribution in [2.45, 2.75) is 31.8 Å². The van der Waals surface area contributed by atoms with Gasteiger partial charge in [-0.15, -0.1) is 0 Å². The van der Waals surface area contributed by atoms with Crippen LogP contribution < -0.4 is 17.0 Å². The van der Waals surface area contributed by atoms with Crippen LogP contribution in [0.25, 0.3) is 0 Å². The molecular formula is C17H19N3O5. The lowest BCUT2D eigenvalue weighted by atomic mass is 10.1. The Kier molecular flexibility index (Phi) is 4.82. The van der Waals surface area contributed by atoms with Crippen LogP contribution in [0.4, 0.5) is 0 Å². The molecular weight excluding hydrogens is 326 g/mol. The van der Waals surface area contributed by atoms with Crippen molar-refractivity contribution in [2.75, 3.05) is 6.54 Å². The maximum absolute atomic E-state index is 12.2. The number of aryl methyl sites for hydroxylation is 1. The Bertz CT molecular complexity index is 874. The molecule has 2 heterocycles. The Hall–Kier alpha value is -2.71. The van der Waals surface area contributed by atoms with E-state index in [0.29, 0.717) is 11.1 Å². The molecule has 1 aliphatic heterocycles. The summed E-state index contributed by atoms with van der Waals surface area (Å²) in [6.07, 6.45) is -0.0732. The van der Waals surface area contributed by atoms with E-state index in [2.05, 4.69) is 4.98 Å². The molecule has 3 atom stereocenters. The summed E-state index contributed by atoms with van der Waals surface area (Å²) < 4.78 is 12.6. The van der Waals surface area contributed by atoms with Crippen LogP contribution in [0, 0.1) is 6.92 Å². The predicted octanol–water partition coefficient (Wildman–Crippen LogP) is 0.317. The lowest BCUT2D eigenvalue weighted by molar-refractivity contribution is -0.0251. The molecule has 0 aliphatic carbocycles. The first-order valence-electron chi connectivity index (χ1n) is 7.93. The van der Waals surface area contributed by atoms with Crippen LogP contribution in [0.15, 0.2) is 46.1 Å². The van der Waals surface area contributed by atoms with Crippen molar-refractivity contribution in [3.63, 3.8) is 0 Å². The summed E-state index contributed by atoms with van der Waals surface area (Å²) >= 11 is 0. The molecule has 1 aromatic carbocycles. The highest BCUT2D eigenvalue weighted by Crippen LogP contribution is 2.30. The van der Waals surface area contributed by atoms with Gasteiger partial charge in [-0.1, -0.05) is 18.2 Å². The number of esters is 1. The Balaban J connectivity index is 1.79. The van der Waals surface area contributed by atoms with E-state index in [0.717, 1.165) is 0 Å². The number of carbonyl (C=O) groups excluding carboxylic acids is 1. The fourth-order valence-electron chi connectivity index (χ4n) is 2.79. The number of rotatable bonds is 4. The summed E-state index contributed by atoms with van der Waals surface area (Å²) in [5.74, 6) is -0.474. The number of H-pyrrole nitrogens is 1. The van der Waals surface area contributed by atoms with E-state index >= 15 is 0 Å². The number of carbonyl (C=O) groups is 1. The van der Waals surface area contributed by atoms with E-state index in [1.54, 1.807) is 37.3 Å². The number of ether oxygens (including phenoxy) is 2. The van der Waals surface area contributed by atoms with Gasteiger partial charge in [0.1, 0.15) is 18.4 Å². The van der Waals surface area contributed by atoms with E-state index in [-0.39, 0.29) is 13.0 Å². The van der Waals surface area contributed by atoms with Gasteiger partial charge in [0, 0.05) is 24.7 Å². The van der Waals surface area contributed by atoms with Crippen LogP contribution in [0.2, 0.25) is 0 Å². The summed E-state index contributed by atoms with van der Waals surface area (Å²) in [5.41, 5.74) is 5.50. The molecule has 8 nitrogen and oxygen atoms in total. The van der Waals surface area contributed by atoms with Gasteiger partial charge in [-0.25, -0.2) is 9.59 Å². The van der Waals surface area contributed by atoms with E-state index in [9.17, 15) is 14.4 Å². The van der Waals surface area contributed by atoms with E-state index < -0.39 is 35.7 Å². The topological polar surface area (TPSA) is 116 Å². The average molecular weight is 345 g/mol. The maximum Gasteiger partial charge on any atom is 0.338 e. The van der Waals surface area contributed by atoms with Gasteiger partial charge in [-0.3, -0.25) is 14.3 Å². The number of hydrogen-bond donors (Lipinski definition) is 2. The molecule has 0 amide bonds. The van der Waals surface area contributed by atoms with Crippen LogP contribution in [-0.2, 0) is 9.47 Å². The minimum absolute atomic E-state index is 0.139. The molecule has 132 valence electrons. The van der Waals surface area contributed by atoms with Crippen molar-refractivity contribution in [3.8, 4) is 0 Å². The molecule has 0 spiro atoms. The second-order valence-corrected chi connectivity index (χ2v) is 5.89. The first kappa shape index (κ1) is 17.1. The Morgan fingerprint density at radius 1 is 1.36 bits per heavy atom. The summed E-state index contributed by atoms with van der Waals surface area (Å²) in [6, 6.07) is 8.60. The number of benzene rings is 1. The average Bonchev–Trinajstić information content (AvgIpc) is 3.01. The molecule has 3 rings (SSSR count). The second kappa shape index (κ2) is 7.04. The number of hydrogen-bond acceptors (Lipinski definition) is 6.